The van der Waals surface area contributed by atoms with Gasteiger partial charge in [0.1, 0.15) is 0 Å². The second kappa shape index (κ2) is 4.78. The molecule has 0 amide bonds. The van der Waals surface area contributed by atoms with E-state index in [1.54, 1.807) is 4.31 Å². The highest BCUT2D eigenvalue weighted by molar-refractivity contribution is 7.88. The van der Waals surface area contributed by atoms with E-state index in [1.165, 1.54) is 17.4 Å². The average Bonchev–Trinajstić information content (AvgIpc) is 2.65. The van der Waals surface area contributed by atoms with Gasteiger partial charge in [-0.25, -0.2) is 12.7 Å². The van der Waals surface area contributed by atoms with Crippen molar-refractivity contribution in [1.29, 1.82) is 0 Å². The Kier molecular flexibility index (Phi) is 3.54. The lowest BCUT2D eigenvalue weighted by molar-refractivity contribution is 0.460. The monoisotopic (exact) mass is 253 g/mol. The van der Waals surface area contributed by atoms with Gasteiger partial charge in [0.2, 0.25) is 10.0 Å². The van der Waals surface area contributed by atoms with Crippen LogP contribution in [0, 0.1) is 12.8 Å². The topological polar surface area (TPSA) is 37.4 Å². The zero-order valence-electron chi connectivity index (χ0n) is 10.4. The predicted octanol–water partition coefficient (Wildman–Crippen LogP) is 1.82. The maximum atomic E-state index is 11.4. The molecule has 1 aromatic rings. The lowest BCUT2D eigenvalue weighted by Crippen LogP contribution is -2.27. The third-order valence-corrected chi connectivity index (χ3v) is 4.59. The fourth-order valence-electron chi connectivity index (χ4n) is 2.44. The van der Waals surface area contributed by atoms with Gasteiger partial charge in [-0.2, -0.15) is 0 Å². The summed E-state index contributed by atoms with van der Waals surface area (Å²) in [6, 6.07) is 8.45. The minimum atomic E-state index is -3.00. The molecule has 1 aromatic carbocycles. The molecular formula is C13H19NO2S. The third-order valence-electron chi connectivity index (χ3n) is 3.32. The number of aryl methyl sites for hydroxylation is 1. The molecule has 0 saturated carbocycles. The van der Waals surface area contributed by atoms with Gasteiger partial charge >= 0.3 is 0 Å². The second-order valence-corrected chi connectivity index (χ2v) is 6.95. The quantitative estimate of drug-likeness (QED) is 0.824. The molecule has 1 fully saturated rings. The van der Waals surface area contributed by atoms with Crippen molar-refractivity contribution in [3.8, 4) is 0 Å². The van der Waals surface area contributed by atoms with E-state index in [4.69, 9.17) is 0 Å². The van der Waals surface area contributed by atoms with Crippen LogP contribution in [0.4, 0.5) is 0 Å². The van der Waals surface area contributed by atoms with Gasteiger partial charge < -0.3 is 0 Å². The molecule has 1 unspecified atom stereocenters. The summed E-state index contributed by atoms with van der Waals surface area (Å²) >= 11 is 0. The molecular weight excluding hydrogens is 234 g/mol. The van der Waals surface area contributed by atoms with Gasteiger partial charge in [0.05, 0.1) is 6.26 Å². The van der Waals surface area contributed by atoms with Gasteiger partial charge in [-0.05, 0) is 31.2 Å². The van der Waals surface area contributed by atoms with E-state index in [2.05, 4.69) is 31.2 Å². The van der Waals surface area contributed by atoms with Crippen LogP contribution in [0.5, 0.6) is 0 Å². The van der Waals surface area contributed by atoms with Gasteiger partial charge in [-0.15, -0.1) is 0 Å². The number of hydrogen-bond donors (Lipinski definition) is 0. The maximum Gasteiger partial charge on any atom is 0.211 e. The van der Waals surface area contributed by atoms with Crippen LogP contribution >= 0.6 is 0 Å². The fraction of sp³-hybridized carbons (Fsp3) is 0.538. The lowest BCUT2D eigenvalue weighted by atomic mass is 9.98. The standard InChI is InChI=1S/C13H19NO2S/c1-11-4-3-5-12(8-11)9-13-6-7-14(10-13)17(2,15)16/h3-5,8,13H,6-7,9-10H2,1-2H3. The summed E-state index contributed by atoms with van der Waals surface area (Å²) in [5.41, 5.74) is 2.57. The lowest BCUT2D eigenvalue weighted by Gasteiger charge is -2.13. The van der Waals surface area contributed by atoms with E-state index >= 15 is 0 Å². The van der Waals surface area contributed by atoms with Crippen LogP contribution in [0.3, 0.4) is 0 Å². The smallest absolute Gasteiger partial charge is 0.211 e. The van der Waals surface area contributed by atoms with Crippen LogP contribution < -0.4 is 0 Å². The number of nitrogens with zero attached hydrogens (tertiary/aromatic N) is 1. The van der Waals surface area contributed by atoms with Crippen molar-refractivity contribution in [2.24, 2.45) is 5.92 Å². The van der Waals surface area contributed by atoms with Crippen molar-refractivity contribution in [1.82, 2.24) is 4.31 Å². The first-order valence-electron chi connectivity index (χ1n) is 5.96. The summed E-state index contributed by atoms with van der Waals surface area (Å²) in [5.74, 6) is 0.464. The summed E-state index contributed by atoms with van der Waals surface area (Å²) in [6.07, 6.45) is 3.25. The zero-order valence-corrected chi connectivity index (χ0v) is 11.2. The van der Waals surface area contributed by atoms with Gasteiger partial charge in [-0.3, -0.25) is 0 Å². The third kappa shape index (κ3) is 3.30. The molecule has 0 spiro atoms. The molecule has 4 heteroatoms. The van der Waals surface area contributed by atoms with Gasteiger partial charge in [0.25, 0.3) is 0 Å². The molecule has 0 aliphatic carbocycles. The van der Waals surface area contributed by atoms with E-state index < -0.39 is 10.0 Å². The highest BCUT2D eigenvalue weighted by Gasteiger charge is 2.28. The van der Waals surface area contributed by atoms with Crippen molar-refractivity contribution < 1.29 is 8.42 Å². The number of benzene rings is 1. The van der Waals surface area contributed by atoms with Crippen LogP contribution in [0.15, 0.2) is 24.3 Å². The highest BCUT2D eigenvalue weighted by atomic mass is 32.2. The minimum Gasteiger partial charge on any atom is -0.213 e. The first-order valence-corrected chi connectivity index (χ1v) is 7.80. The van der Waals surface area contributed by atoms with Crippen molar-refractivity contribution in [2.45, 2.75) is 19.8 Å². The largest absolute Gasteiger partial charge is 0.213 e. The maximum absolute atomic E-state index is 11.4. The molecule has 17 heavy (non-hydrogen) atoms. The van der Waals surface area contributed by atoms with Crippen molar-refractivity contribution in [2.75, 3.05) is 19.3 Å². The van der Waals surface area contributed by atoms with Gasteiger partial charge in [-0.1, -0.05) is 29.8 Å². The Morgan fingerprint density at radius 3 is 2.76 bits per heavy atom. The van der Waals surface area contributed by atoms with E-state index in [0.29, 0.717) is 19.0 Å². The normalized spacial score (nSPS) is 21.9. The summed E-state index contributed by atoms with van der Waals surface area (Å²) < 4.78 is 24.4. The first kappa shape index (κ1) is 12.6. The van der Waals surface area contributed by atoms with E-state index in [1.807, 2.05) is 0 Å². The summed E-state index contributed by atoms with van der Waals surface area (Å²) in [7, 11) is -3.00. The van der Waals surface area contributed by atoms with E-state index in [-0.39, 0.29) is 0 Å². The van der Waals surface area contributed by atoms with Crippen LogP contribution in [0.2, 0.25) is 0 Å². The molecule has 94 valence electrons. The molecule has 0 aromatic heterocycles. The molecule has 0 bridgehead atoms. The molecule has 1 aliphatic heterocycles. The average molecular weight is 253 g/mol. The zero-order chi connectivity index (χ0) is 12.5. The van der Waals surface area contributed by atoms with Crippen LogP contribution in [0.25, 0.3) is 0 Å². The molecule has 3 nitrogen and oxygen atoms in total. The van der Waals surface area contributed by atoms with Crippen molar-refractivity contribution >= 4 is 10.0 Å². The van der Waals surface area contributed by atoms with Gasteiger partial charge in [0.15, 0.2) is 0 Å². The van der Waals surface area contributed by atoms with E-state index in [9.17, 15) is 8.42 Å². The Bertz CT molecular complexity index is 496. The minimum absolute atomic E-state index is 0.464. The SMILES string of the molecule is Cc1cccc(CC2CCN(S(C)(=O)=O)C2)c1. The molecule has 1 atom stereocenters. The Morgan fingerprint density at radius 2 is 2.18 bits per heavy atom. The molecule has 1 saturated heterocycles. The molecule has 0 radical (unpaired) electrons. The summed E-state index contributed by atoms with van der Waals surface area (Å²) in [5, 5.41) is 0. The van der Waals surface area contributed by atoms with Crippen molar-refractivity contribution in [3.63, 3.8) is 0 Å². The molecule has 2 rings (SSSR count). The number of hydrogen-bond acceptors (Lipinski definition) is 2. The number of sulfonamides is 1. The van der Waals surface area contributed by atoms with E-state index in [0.717, 1.165) is 12.8 Å². The fourth-order valence-corrected chi connectivity index (χ4v) is 3.36. The predicted molar refractivity (Wildman–Crippen MR) is 69.4 cm³/mol. The number of rotatable bonds is 3. The van der Waals surface area contributed by atoms with Gasteiger partial charge in [0, 0.05) is 13.1 Å². The molecule has 1 heterocycles. The van der Waals surface area contributed by atoms with Crippen LogP contribution in [0.1, 0.15) is 17.5 Å². The Morgan fingerprint density at radius 1 is 1.41 bits per heavy atom. The summed E-state index contributed by atoms with van der Waals surface area (Å²) in [4.78, 5) is 0. The second-order valence-electron chi connectivity index (χ2n) is 4.97. The molecule has 0 N–H and O–H groups in total. The molecule has 1 aliphatic rings. The van der Waals surface area contributed by atoms with Crippen LogP contribution in [-0.2, 0) is 16.4 Å². The van der Waals surface area contributed by atoms with Crippen LogP contribution in [-0.4, -0.2) is 32.1 Å². The Labute approximate surface area is 104 Å². The Hall–Kier alpha value is -0.870. The highest BCUT2D eigenvalue weighted by Crippen LogP contribution is 2.22. The first-order chi connectivity index (χ1) is 7.95. The Balaban J connectivity index is 1.99. The van der Waals surface area contributed by atoms with Crippen molar-refractivity contribution in [3.05, 3.63) is 35.4 Å². The summed E-state index contributed by atoms with van der Waals surface area (Å²) in [6.45, 7) is 3.43.